The van der Waals surface area contributed by atoms with Gasteiger partial charge in [-0.1, -0.05) is 6.92 Å². The van der Waals surface area contributed by atoms with E-state index in [-0.39, 0.29) is 0 Å². The number of hydrogen-bond acceptors (Lipinski definition) is 3. The summed E-state index contributed by atoms with van der Waals surface area (Å²) >= 11 is 0. The monoisotopic (exact) mass is 312 g/mol. The fourth-order valence-electron chi connectivity index (χ4n) is 4.37. The van der Waals surface area contributed by atoms with Gasteiger partial charge in [0.2, 0.25) is 0 Å². The van der Waals surface area contributed by atoms with Crippen molar-refractivity contribution in [3.63, 3.8) is 0 Å². The molecule has 0 unspecified atom stereocenters. The van der Waals surface area contributed by atoms with Crippen molar-refractivity contribution in [1.82, 2.24) is 20.2 Å². The van der Waals surface area contributed by atoms with Crippen LogP contribution in [0, 0.1) is 5.92 Å². The highest BCUT2D eigenvalue weighted by Gasteiger charge is 2.25. The normalized spacial score (nSPS) is 26.7. The number of likely N-dealkylation sites (tertiary alicyclic amines) is 1. The predicted molar refractivity (Wildman–Crippen MR) is 94.6 cm³/mol. The number of aromatic nitrogens is 2. The van der Waals surface area contributed by atoms with Crippen LogP contribution in [0.15, 0.2) is 18.3 Å². The molecule has 4 rings (SSSR count). The van der Waals surface area contributed by atoms with E-state index in [0.29, 0.717) is 5.92 Å². The largest absolute Gasteiger partial charge is 0.343 e. The number of H-pyrrole nitrogens is 1. The minimum absolute atomic E-state index is 0.607. The molecular formula is C19H28N4. The summed E-state index contributed by atoms with van der Waals surface area (Å²) in [6.07, 6.45) is 7.17. The molecule has 2 saturated heterocycles. The van der Waals surface area contributed by atoms with Gasteiger partial charge in [-0.15, -0.1) is 0 Å². The van der Waals surface area contributed by atoms with Crippen molar-refractivity contribution >= 4 is 11.0 Å². The van der Waals surface area contributed by atoms with Crippen molar-refractivity contribution in [3.05, 3.63) is 29.6 Å². The van der Waals surface area contributed by atoms with E-state index < -0.39 is 0 Å². The molecule has 2 aliphatic heterocycles. The smallest absolute Gasteiger partial charge is 0.137 e. The Morgan fingerprint density at radius 2 is 2.26 bits per heavy atom. The summed E-state index contributed by atoms with van der Waals surface area (Å²) in [7, 11) is 0. The van der Waals surface area contributed by atoms with E-state index in [4.69, 9.17) is 0 Å². The van der Waals surface area contributed by atoms with Crippen LogP contribution in [-0.4, -0.2) is 41.0 Å². The first-order chi connectivity index (χ1) is 11.3. The zero-order chi connectivity index (χ0) is 15.6. The van der Waals surface area contributed by atoms with Gasteiger partial charge < -0.3 is 10.3 Å². The van der Waals surface area contributed by atoms with Gasteiger partial charge in [-0.05, 0) is 62.4 Å². The zero-order valence-corrected chi connectivity index (χ0v) is 14.1. The average molecular weight is 312 g/mol. The van der Waals surface area contributed by atoms with E-state index in [1.165, 1.54) is 55.4 Å². The molecule has 0 radical (unpaired) electrons. The van der Waals surface area contributed by atoms with E-state index in [9.17, 15) is 0 Å². The molecule has 2 N–H and O–H groups in total. The highest BCUT2D eigenvalue weighted by molar-refractivity contribution is 5.81. The van der Waals surface area contributed by atoms with Crippen LogP contribution >= 0.6 is 0 Å². The van der Waals surface area contributed by atoms with Crippen molar-refractivity contribution in [3.8, 4) is 0 Å². The Hall–Kier alpha value is -1.39. The molecule has 2 aromatic heterocycles. The molecule has 0 bridgehead atoms. The first-order valence-electron chi connectivity index (χ1n) is 9.20. The number of fused-ring (bicyclic) bond motifs is 1. The highest BCUT2D eigenvalue weighted by Crippen LogP contribution is 2.32. The molecule has 0 aliphatic carbocycles. The standard InChI is InChI=1S/C19H28N4/c1-14-5-4-10-23(12-14)13-17-16-7-3-9-21-19(16)22-18(17)15-6-2-8-20-11-15/h3,7,9,14-15,20H,2,4-6,8,10-13H2,1H3,(H,21,22)/t14-,15+/m0/s1. The van der Waals surface area contributed by atoms with E-state index in [1.54, 1.807) is 0 Å². The van der Waals surface area contributed by atoms with Gasteiger partial charge in [-0.2, -0.15) is 0 Å². The summed E-state index contributed by atoms with van der Waals surface area (Å²) in [5.74, 6) is 1.43. The van der Waals surface area contributed by atoms with Crippen molar-refractivity contribution < 1.29 is 0 Å². The fraction of sp³-hybridized carbons (Fsp3) is 0.632. The Kier molecular flexibility index (Phi) is 4.36. The lowest BCUT2D eigenvalue weighted by molar-refractivity contribution is 0.176. The Bertz CT molecular complexity index is 656. The van der Waals surface area contributed by atoms with Gasteiger partial charge in [0, 0.05) is 42.8 Å². The van der Waals surface area contributed by atoms with Crippen LogP contribution in [0.25, 0.3) is 11.0 Å². The quantitative estimate of drug-likeness (QED) is 0.914. The van der Waals surface area contributed by atoms with Crippen molar-refractivity contribution in [2.45, 2.75) is 45.1 Å². The highest BCUT2D eigenvalue weighted by atomic mass is 15.1. The van der Waals surface area contributed by atoms with Crippen molar-refractivity contribution in [1.29, 1.82) is 0 Å². The third-order valence-electron chi connectivity index (χ3n) is 5.54. The lowest BCUT2D eigenvalue weighted by Gasteiger charge is -2.31. The maximum Gasteiger partial charge on any atom is 0.137 e. The van der Waals surface area contributed by atoms with E-state index in [0.717, 1.165) is 31.2 Å². The minimum Gasteiger partial charge on any atom is -0.343 e. The number of nitrogens with one attached hydrogen (secondary N) is 2. The van der Waals surface area contributed by atoms with Gasteiger partial charge in [0.15, 0.2) is 0 Å². The van der Waals surface area contributed by atoms with Crippen LogP contribution in [0.5, 0.6) is 0 Å². The van der Waals surface area contributed by atoms with Crippen LogP contribution in [0.2, 0.25) is 0 Å². The first-order valence-corrected chi connectivity index (χ1v) is 9.20. The average Bonchev–Trinajstić information content (AvgIpc) is 2.95. The van der Waals surface area contributed by atoms with Gasteiger partial charge in [0.1, 0.15) is 5.65 Å². The van der Waals surface area contributed by atoms with Crippen LogP contribution in [-0.2, 0) is 6.54 Å². The van der Waals surface area contributed by atoms with Crippen LogP contribution < -0.4 is 5.32 Å². The molecule has 0 aromatic carbocycles. The Morgan fingerprint density at radius 3 is 3.09 bits per heavy atom. The maximum atomic E-state index is 4.57. The molecule has 0 saturated carbocycles. The SMILES string of the molecule is C[C@H]1CCCN(Cc2c([C@@H]3CCCNC3)[nH]c3ncccc23)C1. The number of pyridine rings is 1. The first kappa shape index (κ1) is 15.2. The summed E-state index contributed by atoms with van der Waals surface area (Å²) in [5.41, 5.74) is 3.99. The molecule has 0 amide bonds. The lowest BCUT2D eigenvalue weighted by Crippen LogP contribution is -2.34. The van der Waals surface area contributed by atoms with E-state index in [2.05, 4.69) is 39.2 Å². The molecule has 2 aromatic rings. The number of nitrogens with zero attached hydrogens (tertiary/aromatic N) is 2. The molecule has 124 valence electrons. The molecular weight excluding hydrogens is 284 g/mol. The third-order valence-corrected chi connectivity index (χ3v) is 5.54. The molecule has 2 aliphatic rings. The van der Waals surface area contributed by atoms with Crippen LogP contribution in [0.4, 0.5) is 0 Å². The van der Waals surface area contributed by atoms with Crippen molar-refractivity contribution in [2.24, 2.45) is 5.92 Å². The second-order valence-corrected chi connectivity index (χ2v) is 7.44. The van der Waals surface area contributed by atoms with E-state index >= 15 is 0 Å². The van der Waals surface area contributed by atoms with Crippen LogP contribution in [0.1, 0.15) is 49.8 Å². The topological polar surface area (TPSA) is 44.0 Å². The van der Waals surface area contributed by atoms with Crippen molar-refractivity contribution in [2.75, 3.05) is 26.2 Å². The van der Waals surface area contributed by atoms with Gasteiger partial charge in [0.05, 0.1) is 0 Å². The molecule has 23 heavy (non-hydrogen) atoms. The van der Waals surface area contributed by atoms with Gasteiger partial charge in [-0.3, -0.25) is 4.90 Å². The Morgan fingerprint density at radius 1 is 1.30 bits per heavy atom. The second-order valence-electron chi connectivity index (χ2n) is 7.44. The predicted octanol–water partition coefficient (Wildman–Crippen LogP) is 3.26. The summed E-state index contributed by atoms with van der Waals surface area (Å²) < 4.78 is 0. The molecule has 0 spiro atoms. The third kappa shape index (κ3) is 3.15. The van der Waals surface area contributed by atoms with Gasteiger partial charge in [-0.25, -0.2) is 4.98 Å². The molecule has 4 heterocycles. The number of aromatic amines is 1. The van der Waals surface area contributed by atoms with Gasteiger partial charge >= 0.3 is 0 Å². The van der Waals surface area contributed by atoms with Crippen LogP contribution in [0.3, 0.4) is 0 Å². The second kappa shape index (κ2) is 6.62. The van der Waals surface area contributed by atoms with Gasteiger partial charge in [0.25, 0.3) is 0 Å². The summed E-state index contributed by atoms with van der Waals surface area (Å²) in [6.45, 7) is 8.18. The number of piperidine rings is 2. The molecule has 4 nitrogen and oxygen atoms in total. The summed E-state index contributed by atoms with van der Waals surface area (Å²) in [6, 6.07) is 4.31. The number of hydrogen-bond donors (Lipinski definition) is 2. The van der Waals surface area contributed by atoms with E-state index in [1.807, 2.05) is 6.20 Å². The number of rotatable bonds is 3. The molecule has 4 heteroatoms. The maximum absolute atomic E-state index is 4.57. The summed E-state index contributed by atoms with van der Waals surface area (Å²) in [5, 5.41) is 4.89. The summed E-state index contributed by atoms with van der Waals surface area (Å²) in [4.78, 5) is 10.9. The minimum atomic E-state index is 0.607. The lowest BCUT2D eigenvalue weighted by atomic mass is 9.92. The fourth-order valence-corrected chi connectivity index (χ4v) is 4.37. The Balaban J connectivity index is 1.67. The zero-order valence-electron chi connectivity index (χ0n) is 14.1. The molecule has 2 fully saturated rings. The molecule has 2 atom stereocenters. The Labute approximate surface area is 138 Å².